The predicted octanol–water partition coefficient (Wildman–Crippen LogP) is 3.57. The van der Waals surface area contributed by atoms with Crippen LogP contribution in [0.5, 0.6) is 0 Å². The Balaban J connectivity index is 3.21. The molecule has 0 heterocycles. The first-order valence-corrected chi connectivity index (χ1v) is 5.79. The first-order valence-electron chi connectivity index (χ1n) is 5.79. The van der Waals surface area contributed by atoms with Crippen LogP contribution in [0.2, 0.25) is 0 Å². The number of Topliss-reactive ketones (excluding diaryl/α,β-unsaturated/α-hetero) is 2. The monoisotopic (exact) mass is 294 g/mol. The van der Waals surface area contributed by atoms with Crippen LogP contribution in [-0.2, 0) is 4.79 Å². The number of halogens is 5. The smallest absolute Gasteiger partial charge is 0.200 e. The van der Waals surface area contributed by atoms with Gasteiger partial charge in [0, 0.05) is 5.92 Å². The molecule has 1 atom stereocenters. The largest absolute Gasteiger partial charge is 0.299 e. The lowest BCUT2D eigenvalue weighted by Gasteiger charge is -2.09. The van der Waals surface area contributed by atoms with Crippen LogP contribution in [0.15, 0.2) is 0 Å². The Kier molecular flexibility index (Phi) is 4.97. The Morgan fingerprint density at radius 1 is 0.900 bits per heavy atom. The van der Waals surface area contributed by atoms with Gasteiger partial charge in [0.15, 0.2) is 29.1 Å². The van der Waals surface area contributed by atoms with Crippen LogP contribution in [0.1, 0.15) is 37.0 Å². The first kappa shape index (κ1) is 16.3. The minimum absolute atomic E-state index is 0.392. The summed E-state index contributed by atoms with van der Waals surface area (Å²) in [4.78, 5) is 23.1. The number of hydrogen-bond acceptors (Lipinski definition) is 2. The SMILES string of the molecule is CCC(C)C(=O)CC(=O)c1c(F)c(F)c(F)c(F)c1F. The number of ketones is 2. The Morgan fingerprint density at radius 2 is 1.30 bits per heavy atom. The predicted molar refractivity (Wildman–Crippen MR) is 59.6 cm³/mol. The summed E-state index contributed by atoms with van der Waals surface area (Å²) in [6.07, 6.45) is -0.517. The van der Waals surface area contributed by atoms with Crippen molar-refractivity contribution < 1.29 is 31.5 Å². The van der Waals surface area contributed by atoms with Gasteiger partial charge in [0.2, 0.25) is 5.82 Å². The second-order valence-electron chi connectivity index (χ2n) is 4.32. The molecule has 0 amide bonds. The fourth-order valence-corrected chi connectivity index (χ4v) is 1.50. The van der Waals surface area contributed by atoms with Gasteiger partial charge in [0.05, 0.1) is 12.0 Å². The lowest BCUT2D eigenvalue weighted by atomic mass is 9.96. The van der Waals surface area contributed by atoms with Crippen LogP contribution < -0.4 is 0 Å². The molecule has 20 heavy (non-hydrogen) atoms. The van der Waals surface area contributed by atoms with E-state index < -0.39 is 58.6 Å². The third-order valence-electron chi connectivity index (χ3n) is 2.99. The van der Waals surface area contributed by atoms with Gasteiger partial charge in [-0.2, -0.15) is 0 Å². The van der Waals surface area contributed by atoms with Crippen LogP contribution in [0.25, 0.3) is 0 Å². The number of carbonyl (C=O) groups is 2. The van der Waals surface area contributed by atoms with Gasteiger partial charge in [-0.05, 0) is 6.42 Å². The molecule has 1 aromatic rings. The fourth-order valence-electron chi connectivity index (χ4n) is 1.50. The number of rotatable bonds is 5. The summed E-state index contributed by atoms with van der Waals surface area (Å²) < 4.78 is 65.3. The third-order valence-corrected chi connectivity index (χ3v) is 2.99. The molecular formula is C13H11F5O2. The van der Waals surface area contributed by atoms with E-state index in [4.69, 9.17) is 0 Å². The second kappa shape index (κ2) is 6.11. The molecule has 0 aliphatic rings. The van der Waals surface area contributed by atoms with Gasteiger partial charge in [-0.25, -0.2) is 22.0 Å². The maximum absolute atomic E-state index is 13.3. The van der Waals surface area contributed by atoms with Crippen LogP contribution in [0, 0.1) is 35.0 Å². The number of carbonyl (C=O) groups excluding carboxylic acids is 2. The standard InChI is InChI=1S/C13H11F5O2/c1-3-5(2)6(19)4-7(20)8-9(14)11(16)13(18)12(17)10(8)15/h5H,3-4H2,1-2H3. The van der Waals surface area contributed by atoms with E-state index in [2.05, 4.69) is 0 Å². The molecule has 0 N–H and O–H groups in total. The zero-order valence-corrected chi connectivity index (χ0v) is 10.7. The molecular weight excluding hydrogens is 283 g/mol. The van der Waals surface area contributed by atoms with Crippen LogP contribution in [0.3, 0.4) is 0 Å². The van der Waals surface area contributed by atoms with Crippen LogP contribution in [0.4, 0.5) is 22.0 Å². The molecule has 0 saturated heterocycles. The second-order valence-corrected chi connectivity index (χ2v) is 4.32. The topological polar surface area (TPSA) is 34.1 Å². The van der Waals surface area contributed by atoms with Crippen LogP contribution >= 0.6 is 0 Å². The van der Waals surface area contributed by atoms with Crippen molar-refractivity contribution in [3.8, 4) is 0 Å². The normalized spacial score (nSPS) is 12.3. The molecule has 0 saturated carbocycles. The van der Waals surface area contributed by atoms with Crippen molar-refractivity contribution in [1.82, 2.24) is 0 Å². The average Bonchev–Trinajstić information content (AvgIpc) is 2.42. The molecule has 1 unspecified atom stereocenters. The highest BCUT2D eigenvalue weighted by Gasteiger charge is 2.30. The molecule has 1 aromatic carbocycles. The number of benzene rings is 1. The molecule has 7 heteroatoms. The molecule has 0 aliphatic carbocycles. The summed E-state index contributed by atoms with van der Waals surface area (Å²) in [7, 11) is 0. The van der Waals surface area contributed by atoms with Crippen molar-refractivity contribution in [3.05, 3.63) is 34.6 Å². The van der Waals surface area contributed by atoms with Gasteiger partial charge < -0.3 is 0 Å². The molecule has 0 aromatic heterocycles. The van der Waals surface area contributed by atoms with E-state index in [-0.39, 0.29) is 0 Å². The van der Waals surface area contributed by atoms with Crippen molar-refractivity contribution in [1.29, 1.82) is 0 Å². The Labute approximate surface area is 111 Å². The van der Waals surface area contributed by atoms with Crippen molar-refractivity contribution in [3.63, 3.8) is 0 Å². The number of hydrogen-bond donors (Lipinski definition) is 0. The highest BCUT2D eigenvalue weighted by atomic mass is 19.2. The van der Waals surface area contributed by atoms with Crippen molar-refractivity contribution in [2.75, 3.05) is 0 Å². The van der Waals surface area contributed by atoms with Gasteiger partial charge in [-0.15, -0.1) is 0 Å². The average molecular weight is 294 g/mol. The quantitative estimate of drug-likeness (QED) is 0.273. The van der Waals surface area contributed by atoms with Gasteiger partial charge in [-0.3, -0.25) is 9.59 Å². The van der Waals surface area contributed by atoms with Crippen molar-refractivity contribution >= 4 is 11.6 Å². The summed E-state index contributed by atoms with van der Waals surface area (Å²) in [5, 5.41) is 0. The van der Waals surface area contributed by atoms with Crippen molar-refractivity contribution in [2.24, 2.45) is 5.92 Å². The molecule has 0 aliphatic heterocycles. The van der Waals surface area contributed by atoms with E-state index >= 15 is 0 Å². The van der Waals surface area contributed by atoms with E-state index in [1.165, 1.54) is 6.92 Å². The van der Waals surface area contributed by atoms with E-state index in [1.54, 1.807) is 6.92 Å². The fraction of sp³-hybridized carbons (Fsp3) is 0.385. The maximum atomic E-state index is 13.3. The summed E-state index contributed by atoms with van der Waals surface area (Å²) in [5.41, 5.74) is -1.57. The Morgan fingerprint density at radius 3 is 1.70 bits per heavy atom. The highest BCUT2D eigenvalue weighted by Crippen LogP contribution is 2.24. The highest BCUT2D eigenvalue weighted by molar-refractivity contribution is 6.08. The molecule has 0 spiro atoms. The molecule has 2 nitrogen and oxygen atoms in total. The lowest BCUT2D eigenvalue weighted by Crippen LogP contribution is -2.19. The first-order chi connectivity index (χ1) is 9.22. The molecule has 0 bridgehead atoms. The summed E-state index contributed by atoms with van der Waals surface area (Å²) in [6.45, 7) is 3.15. The van der Waals surface area contributed by atoms with E-state index in [1.807, 2.05) is 0 Å². The van der Waals surface area contributed by atoms with Gasteiger partial charge in [0.1, 0.15) is 5.78 Å². The molecule has 0 fully saturated rings. The molecule has 1 rings (SSSR count). The molecule has 110 valence electrons. The van der Waals surface area contributed by atoms with Gasteiger partial charge in [-0.1, -0.05) is 13.8 Å². The van der Waals surface area contributed by atoms with Crippen LogP contribution in [-0.4, -0.2) is 11.6 Å². The zero-order valence-electron chi connectivity index (χ0n) is 10.7. The minimum Gasteiger partial charge on any atom is -0.299 e. The Bertz CT molecular complexity index is 539. The lowest BCUT2D eigenvalue weighted by molar-refractivity contribution is -0.121. The summed E-state index contributed by atoms with van der Waals surface area (Å²) in [6, 6.07) is 0. The zero-order chi connectivity index (χ0) is 15.6. The minimum atomic E-state index is -2.34. The Hall–Kier alpha value is -1.79. The van der Waals surface area contributed by atoms with E-state index in [0.29, 0.717) is 6.42 Å². The van der Waals surface area contributed by atoms with Crippen molar-refractivity contribution in [2.45, 2.75) is 26.7 Å². The maximum Gasteiger partial charge on any atom is 0.200 e. The summed E-state index contributed by atoms with van der Waals surface area (Å²) in [5.74, 6) is -13.8. The van der Waals surface area contributed by atoms with Gasteiger partial charge in [0.25, 0.3) is 0 Å². The van der Waals surface area contributed by atoms with E-state index in [9.17, 15) is 31.5 Å². The summed E-state index contributed by atoms with van der Waals surface area (Å²) >= 11 is 0. The van der Waals surface area contributed by atoms with E-state index in [0.717, 1.165) is 0 Å². The third kappa shape index (κ3) is 2.86. The molecule has 0 radical (unpaired) electrons. The van der Waals surface area contributed by atoms with Gasteiger partial charge >= 0.3 is 0 Å².